The minimum Gasteiger partial charge on any atom is -0.406 e. The van der Waals surface area contributed by atoms with E-state index in [1.165, 1.54) is 23.1 Å². The van der Waals surface area contributed by atoms with Crippen LogP contribution in [0.5, 0.6) is 5.75 Å². The van der Waals surface area contributed by atoms with Crippen LogP contribution < -0.4 is 10.5 Å². The lowest BCUT2D eigenvalue weighted by atomic mass is 9.89. The van der Waals surface area contributed by atoms with Crippen molar-refractivity contribution in [1.29, 1.82) is 0 Å². The first kappa shape index (κ1) is 24.6. The second-order valence-electron chi connectivity index (χ2n) is 9.06. The van der Waals surface area contributed by atoms with Gasteiger partial charge >= 0.3 is 6.36 Å². The zero-order valence-electron chi connectivity index (χ0n) is 19.5. The van der Waals surface area contributed by atoms with Crippen LogP contribution in [0.4, 0.5) is 13.2 Å². The summed E-state index contributed by atoms with van der Waals surface area (Å²) in [6.45, 7) is 4.95. The molecule has 2 aromatic rings. The molecule has 4 rings (SSSR count). The second-order valence-corrected chi connectivity index (χ2v) is 9.06. The Morgan fingerprint density at radius 2 is 1.77 bits per heavy atom. The molecule has 2 aromatic carbocycles. The Bertz CT molecular complexity index is 1160. The van der Waals surface area contributed by atoms with Crippen molar-refractivity contribution >= 4 is 17.8 Å². The Balaban J connectivity index is 1.53. The van der Waals surface area contributed by atoms with Crippen LogP contribution in [-0.4, -0.2) is 53.6 Å². The van der Waals surface area contributed by atoms with E-state index in [0.717, 1.165) is 12.8 Å². The largest absolute Gasteiger partial charge is 0.573 e. The first-order valence-electron chi connectivity index (χ1n) is 11.4. The molecule has 10 heteroatoms. The topological polar surface area (TPSA) is 88.2 Å². The van der Waals surface area contributed by atoms with E-state index < -0.39 is 11.9 Å². The average molecular weight is 489 g/mol. The van der Waals surface area contributed by atoms with Gasteiger partial charge in [0.15, 0.2) is 11.5 Å². The summed E-state index contributed by atoms with van der Waals surface area (Å²) in [4.78, 5) is 32.8. The third kappa shape index (κ3) is 5.26. The highest BCUT2D eigenvalue weighted by Gasteiger charge is 2.46. The molecule has 0 aromatic heterocycles. The number of alkyl halides is 3. The van der Waals surface area contributed by atoms with Gasteiger partial charge in [-0.15, -0.1) is 13.2 Å². The van der Waals surface area contributed by atoms with E-state index in [2.05, 4.69) is 9.73 Å². The molecule has 2 amide bonds. The van der Waals surface area contributed by atoms with Crippen LogP contribution in [0.3, 0.4) is 0 Å². The van der Waals surface area contributed by atoms with Crippen molar-refractivity contribution in [2.45, 2.75) is 38.6 Å². The third-order valence-corrected chi connectivity index (χ3v) is 6.60. The van der Waals surface area contributed by atoms with Crippen molar-refractivity contribution in [2.24, 2.45) is 16.6 Å². The number of nitrogens with two attached hydrogens (primary N) is 1. The van der Waals surface area contributed by atoms with Crippen molar-refractivity contribution in [2.75, 3.05) is 19.6 Å². The number of likely N-dealkylation sites (tertiary alicyclic amines) is 1. The van der Waals surface area contributed by atoms with Gasteiger partial charge in [-0.3, -0.25) is 14.5 Å². The predicted molar refractivity (Wildman–Crippen MR) is 124 cm³/mol. The number of hydrogen-bond acceptors (Lipinski definition) is 5. The Hall–Kier alpha value is -3.56. The Labute approximate surface area is 201 Å². The fraction of sp³-hybridized carbons (Fsp3) is 0.400. The number of piperidine rings is 1. The SMILES string of the molecule is CC(=O)N1CCC(CN2C(=O)C(C)(c3cccc(-c4cccc(OC(F)(F)F)c4)c3)N=C2N)CC1. The Kier molecular flexibility index (Phi) is 6.48. The molecule has 2 heterocycles. The standard InChI is InChI=1S/C25H27F3N4O3/c1-16(33)31-11-9-17(10-12-31)15-32-22(34)24(2,30-23(32)29)20-7-3-5-18(13-20)19-6-4-8-21(14-19)35-25(26,27)28/h3-8,13-14,17H,9-12,15H2,1-2H3,(H2,29,30). The maximum Gasteiger partial charge on any atom is 0.573 e. The molecule has 1 unspecified atom stereocenters. The van der Waals surface area contributed by atoms with Crippen molar-refractivity contribution < 1.29 is 27.5 Å². The summed E-state index contributed by atoms with van der Waals surface area (Å²) >= 11 is 0. The van der Waals surface area contributed by atoms with Crippen molar-refractivity contribution in [1.82, 2.24) is 9.80 Å². The van der Waals surface area contributed by atoms with E-state index in [9.17, 15) is 22.8 Å². The van der Waals surface area contributed by atoms with Gasteiger partial charge in [-0.05, 0) is 60.6 Å². The number of benzene rings is 2. The molecule has 186 valence electrons. The maximum atomic E-state index is 13.5. The summed E-state index contributed by atoms with van der Waals surface area (Å²) in [6, 6.07) is 12.6. The van der Waals surface area contributed by atoms with Gasteiger partial charge in [0, 0.05) is 26.6 Å². The summed E-state index contributed by atoms with van der Waals surface area (Å²) in [7, 11) is 0. The molecular formula is C25H27F3N4O3. The molecule has 2 aliphatic heterocycles. The lowest BCUT2D eigenvalue weighted by Gasteiger charge is -2.33. The predicted octanol–water partition coefficient (Wildman–Crippen LogP) is 3.88. The number of carbonyl (C=O) groups excluding carboxylic acids is 2. The Morgan fingerprint density at radius 1 is 1.14 bits per heavy atom. The quantitative estimate of drug-likeness (QED) is 0.692. The summed E-state index contributed by atoms with van der Waals surface area (Å²) in [5, 5.41) is 0. The lowest BCUT2D eigenvalue weighted by molar-refractivity contribution is -0.274. The van der Waals surface area contributed by atoms with E-state index in [1.807, 2.05) is 0 Å². The fourth-order valence-corrected chi connectivity index (χ4v) is 4.63. The zero-order chi connectivity index (χ0) is 25.4. The van der Waals surface area contributed by atoms with Gasteiger partial charge < -0.3 is 15.4 Å². The minimum atomic E-state index is -4.79. The van der Waals surface area contributed by atoms with Gasteiger partial charge in [-0.25, -0.2) is 4.99 Å². The lowest BCUT2D eigenvalue weighted by Crippen LogP contribution is -2.46. The van der Waals surface area contributed by atoms with E-state index in [0.29, 0.717) is 36.3 Å². The number of aliphatic imine (C=N–C) groups is 1. The first-order valence-corrected chi connectivity index (χ1v) is 11.4. The van der Waals surface area contributed by atoms with Crippen molar-refractivity contribution in [3.63, 3.8) is 0 Å². The van der Waals surface area contributed by atoms with Crippen LogP contribution in [-0.2, 0) is 15.1 Å². The van der Waals surface area contributed by atoms with Crippen LogP contribution in [0, 0.1) is 5.92 Å². The number of amides is 2. The average Bonchev–Trinajstić information content (AvgIpc) is 3.02. The van der Waals surface area contributed by atoms with Gasteiger partial charge in [0.1, 0.15) is 5.75 Å². The number of carbonyl (C=O) groups is 2. The van der Waals surface area contributed by atoms with Gasteiger partial charge in [-0.1, -0.05) is 30.3 Å². The first-order chi connectivity index (χ1) is 16.5. The van der Waals surface area contributed by atoms with Gasteiger partial charge in [0.2, 0.25) is 5.91 Å². The van der Waals surface area contributed by atoms with E-state index >= 15 is 0 Å². The van der Waals surface area contributed by atoms with Gasteiger partial charge in [0.25, 0.3) is 5.91 Å². The number of guanidine groups is 1. The summed E-state index contributed by atoms with van der Waals surface area (Å²) < 4.78 is 41.9. The van der Waals surface area contributed by atoms with E-state index in [4.69, 9.17) is 5.73 Å². The monoisotopic (exact) mass is 488 g/mol. The highest BCUT2D eigenvalue weighted by molar-refractivity contribution is 6.07. The molecule has 7 nitrogen and oxygen atoms in total. The molecule has 0 bridgehead atoms. The smallest absolute Gasteiger partial charge is 0.406 e. The number of halogens is 3. The van der Waals surface area contributed by atoms with Crippen LogP contribution >= 0.6 is 0 Å². The molecule has 0 aliphatic carbocycles. The summed E-state index contributed by atoms with van der Waals surface area (Å²) in [5.41, 5.74) is 6.63. The number of ether oxygens (including phenoxy) is 1. The maximum absolute atomic E-state index is 13.5. The van der Waals surface area contributed by atoms with Crippen LogP contribution in [0.25, 0.3) is 11.1 Å². The molecular weight excluding hydrogens is 461 g/mol. The molecule has 1 fully saturated rings. The number of rotatable bonds is 5. The minimum absolute atomic E-state index is 0.0461. The fourth-order valence-electron chi connectivity index (χ4n) is 4.63. The molecule has 0 radical (unpaired) electrons. The van der Waals surface area contributed by atoms with Crippen LogP contribution in [0.2, 0.25) is 0 Å². The molecule has 1 atom stereocenters. The highest BCUT2D eigenvalue weighted by atomic mass is 19.4. The van der Waals surface area contributed by atoms with Gasteiger partial charge in [-0.2, -0.15) is 0 Å². The van der Waals surface area contributed by atoms with Gasteiger partial charge in [0.05, 0.1) is 0 Å². The number of hydrogen-bond donors (Lipinski definition) is 1. The molecule has 35 heavy (non-hydrogen) atoms. The molecule has 0 spiro atoms. The van der Waals surface area contributed by atoms with Crippen LogP contribution in [0.1, 0.15) is 32.3 Å². The molecule has 2 aliphatic rings. The molecule has 0 saturated carbocycles. The second kappa shape index (κ2) is 9.24. The number of nitrogens with zero attached hydrogens (tertiary/aromatic N) is 3. The summed E-state index contributed by atoms with van der Waals surface area (Å²) in [5.74, 6) is -0.196. The molecule has 2 N–H and O–H groups in total. The third-order valence-electron chi connectivity index (χ3n) is 6.60. The zero-order valence-corrected chi connectivity index (χ0v) is 19.5. The van der Waals surface area contributed by atoms with Crippen LogP contribution in [0.15, 0.2) is 53.5 Å². The Morgan fingerprint density at radius 3 is 2.40 bits per heavy atom. The van der Waals surface area contributed by atoms with Crippen molar-refractivity contribution in [3.8, 4) is 16.9 Å². The van der Waals surface area contributed by atoms with Crippen molar-refractivity contribution in [3.05, 3.63) is 54.1 Å². The normalized spacial score (nSPS) is 21.3. The highest BCUT2D eigenvalue weighted by Crippen LogP contribution is 2.36. The molecule has 1 saturated heterocycles. The summed E-state index contributed by atoms with van der Waals surface area (Å²) in [6.07, 6.45) is -3.24. The van der Waals surface area contributed by atoms with E-state index in [1.54, 1.807) is 49.1 Å². The van der Waals surface area contributed by atoms with E-state index in [-0.39, 0.29) is 29.4 Å².